The molecule has 1 aromatic carbocycles. The monoisotopic (exact) mass is 329 g/mol. The second-order valence-electron chi connectivity index (χ2n) is 6.38. The molecule has 1 unspecified atom stereocenters. The summed E-state index contributed by atoms with van der Waals surface area (Å²) in [7, 11) is -3.30. The Bertz CT molecular complexity index is 642. The molecule has 0 aromatic heterocycles. The third kappa shape index (κ3) is 3.89. The first-order valence-electron chi connectivity index (χ1n) is 6.64. The first-order chi connectivity index (χ1) is 9.43. The number of benzene rings is 1. The number of nitrogens with zero attached hydrogens (tertiary/aromatic N) is 2. The maximum Gasteiger partial charge on any atom is 0.269 e. The van der Waals surface area contributed by atoms with Crippen molar-refractivity contribution in [2.45, 2.75) is 43.8 Å². The Morgan fingerprint density at radius 3 is 2.05 bits per heavy atom. The lowest BCUT2D eigenvalue weighted by Crippen LogP contribution is -2.38. The van der Waals surface area contributed by atoms with Crippen molar-refractivity contribution < 1.29 is 9.13 Å². The topological polar surface area (TPSA) is 84.6 Å². The normalized spacial score (nSPS) is 15.3. The molecule has 118 valence electrons. The van der Waals surface area contributed by atoms with E-state index in [0.717, 1.165) is 0 Å². The van der Waals surface area contributed by atoms with Gasteiger partial charge in [0.15, 0.2) is 8.24 Å². The van der Waals surface area contributed by atoms with Crippen LogP contribution in [-0.4, -0.2) is 24.4 Å². The largest absolute Gasteiger partial charge is 0.269 e. The molecular formula is C13H23N3O3SSi. The second kappa shape index (κ2) is 5.86. The second-order valence-corrected chi connectivity index (χ2v) is 13.7. The van der Waals surface area contributed by atoms with E-state index in [1.165, 1.54) is 24.3 Å². The Hall–Kier alpha value is -1.25. The summed E-state index contributed by atoms with van der Waals surface area (Å²) in [5, 5.41) is 10.7. The standard InChI is InChI=1S/C13H23N3O3SSi/c1-13(2,3)21(5,6)15-20(19,14-4)12-9-7-11(8-10-12)16(17)18/h7-10H,1-6H3,(H,14,15,19). The van der Waals surface area contributed by atoms with E-state index in [2.05, 4.69) is 42.6 Å². The van der Waals surface area contributed by atoms with Gasteiger partial charge in [-0.05, 0) is 37.3 Å². The van der Waals surface area contributed by atoms with Crippen molar-refractivity contribution in [3.05, 3.63) is 34.4 Å². The minimum atomic E-state index is -2.77. The number of hydrogen-bond donors (Lipinski definition) is 1. The lowest BCUT2D eigenvalue weighted by atomic mass is 10.2. The molecule has 0 aliphatic rings. The summed E-state index contributed by atoms with van der Waals surface area (Å²) in [6.45, 7) is 10.4. The predicted octanol–water partition coefficient (Wildman–Crippen LogP) is 3.56. The van der Waals surface area contributed by atoms with Crippen LogP contribution in [-0.2, 0) is 9.92 Å². The lowest BCUT2D eigenvalue weighted by Gasteiger charge is -2.33. The highest BCUT2D eigenvalue weighted by Crippen LogP contribution is 2.38. The quantitative estimate of drug-likeness (QED) is 0.520. The van der Waals surface area contributed by atoms with Crippen LogP contribution in [0, 0.1) is 10.1 Å². The zero-order valence-corrected chi connectivity index (χ0v) is 15.2. The zero-order valence-electron chi connectivity index (χ0n) is 13.3. The third-order valence-electron chi connectivity index (χ3n) is 3.84. The molecule has 0 aliphatic heterocycles. The van der Waals surface area contributed by atoms with Gasteiger partial charge in [-0.1, -0.05) is 20.8 Å². The van der Waals surface area contributed by atoms with Gasteiger partial charge in [0.2, 0.25) is 0 Å². The van der Waals surface area contributed by atoms with E-state index in [0.29, 0.717) is 4.90 Å². The number of hydrogen-bond acceptors (Lipinski definition) is 4. The van der Waals surface area contributed by atoms with Gasteiger partial charge in [0.1, 0.15) is 9.92 Å². The van der Waals surface area contributed by atoms with Crippen molar-refractivity contribution in [1.29, 1.82) is 0 Å². The van der Waals surface area contributed by atoms with E-state index in [-0.39, 0.29) is 10.7 Å². The Balaban J connectivity index is 3.40. The zero-order chi connectivity index (χ0) is 16.5. The van der Waals surface area contributed by atoms with Crippen LogP contribution in [0.4, 0.5) is 5.69 Å². The maximum absolute atomic E-state index is 13.1. The SMILES string of the molecule is CNS(=O)(=N[Si](C)(C)C(C)(C)C)c1ccc([N+](=O)[O-])cc1. The van der Waals surface area contributed by atoms with E-state index >= 15 is 0 Å². The maximum atomic E-state index is 13.1. The van der Waals surface area contributed by atoms with Crippen LogP contribution in [0.3, 0.4) is 0 Å². The molecule has 1 atom stereocenters. The highest BCUT2D eigenvalue weighted by atomic mass is 32.2. The summed E-state index contributed by atoms with van der Waals surface area (Å²) in [6.07, 6.45) is 0. The number of nitro benzene ring substituents is 1. The summed E-state index contributed by atoms with van der Waals surface area (Å²) in [5.74, 6) is 0. The van der Waals surface area contributed by atoms with Crippen LogP contribution in [0.1, 0.15) is 20.8 Å². The third-order valence-corrected chi connectivity index (χ3v) is 11.8. The molecule has 6 nitrogen and oxygen atoms in total. The summed E-state index contributed by atoms with van der Waals surface area (Å²) >= 11 is 0. The summed E-state index contributed by atoms with van der Waals surface area (Å²) in [4.78, 5) is 10.7. The molecule has 0 aliphatic carbocycles. The fourth-order valence-corrected chi connectivity index (χ4v) is 6.62. The van der Waals surface area contributed by atoms with Gasteiger partial charge in [-0.2, -0.15) is 0 Å². The Morgan fingerprint density at radius 1 is 1.24 bits per heavy atom. The molecule has 21 heavy (non-hydrogen) atoms. The molecule has 1 N–H and O–H groups in total. The molecular weight excluding hydrogens is 306 g/mol. The van der Waals surface area contributed by atoms with Crippen molar-refractivity contribution in [1.82, 2.24) is 4.72 Å². The average molecular weight is 329 g/mol. The molecule has 0 spiro atoms. The summed E-state index contributed by atoms with van der Waals surface area (Å²) in [6, 6.07) is 5.72. The Labute approximate surface area is 127 Å². The van der Waals surface area contributed by atoms with Crippen molar-refractivity contribution in [2.24, 2.45) is 4.03 Å². The predicted molar refractivity (Wildman–Crippen MR) is 88.2 cm³/mol. The number of rotatable bonds is 4. The van der Waals surface area contributed by atoms with Crippen LogP contribution >= 0.6 is 0 Å². The number of nitro groups is 1. The molecule has 0 saturated heterocycles. The van der Waals surface area contributed by atoms with Gasteiger partial charge in [0.25, 0.3) is 5.69 Å². The molecule has 0 heterocycles. The summed E-state index contributed by atoms with van der Waals surface area (Å²) in [5.41, 5.74) is -0.0241. The van der Waals surface area contributed by atoms with Gasteiger partial charge in [0, 0.05) is 12.1 Å². The van der Waals surface area contributed by atoms with E-state index < -0.39 is 23.1 Å². The summed E-state index contributed by atoms with van der Waals surface area (Å²) < 4.78 is 20.5. The lowest BCUT2D eigenvalue weighted by molar-refractivity contribution is -0.384. The van der Waals surface area contributed by atoms with E-state index in [9.17, 15) is 14.3 Å². The highest BCUT2D eigenvalue weighted by molar-refractivity contribution is 7.92. The average Bonchev–Trinajstić information content (AvgIpc) is 2.37. The van der Waals surface area contributed by atoms with E-state index in [4.69, 9.17) is 0 Å². The Morgan fingerprint density at radius 2 is 1.71 bits per heavy atom. The minimum absolute atomic E-state index is 0.0241. The molecule has 0 amide bonds. The van der Waals surface area contributed by atoms with Crippen LogP contribution in [0.2, 0.25) is 18.1 Å². The van der Waals surface area contributed by atoms with Crippen molar-refractivity contribution in [3.8, 4) is 0 Å². The molecule has 8 heteroatoms. The Kier molecular flexibility index (Phi) is 4.96. The molecule has 0 radical (unpaired) electrons. The molecule has 1 rings (SSSR count). The van der Waals surface area contributed by atoms with Crippen molar-refractivity contribution >= 4 is 23.8 Å². The van der Waals surface area contributed by atoms with Crippen LogP contribution in [0.15, 0.2) is 33.2 Å². The molecule has 0 saturated carbocycles. The van der Waals surface area contributed by atoms with Crippen LogP contribution in [0.5, 0.6) is 0 Å². The number of non-ortho nitro benzene ring substituents is 1. The molecule has 0 bridgehead atoms. The van der Waals surface area contributed by atoms with Crippen LogP contribution in [0.25, 0.3) is 0 Å². The smallest absolute Gasteiger partial charge is 0.261 e. The first-order valence-corrected chi connectivity index (χ1v) is 11.1. The van der Waals surface area contributed by atoms with E-state index in [1.54, 1.807) is 7.05 Å². The van der Waals surface area contributed by atoms with Crippen molar-refractivity contribution in [3.63, 3.8) is 0 Å². The van der Waals surface area contributed by atoms with Gasteiger partial charge < -0.3 is 0 Å². The fourth-order valence-electron chi connectivity index (χ4n) is 1.43. The van der Waals surface area contributed by atoms with Gasteiger partial charge in [-0.15, -0.1) is 0 Å². The van der Waals surface area contributed by atoms with Gasteiger partial charge in [-0.25, -0.2) is 8.93 Å². The van der Waals surface area contributed by atoms with Gasteiger partial charge >= 0.3 is 0 Å². The number of nitrogens with one attached hydrogen (secondary N) is 1. The highest BCUT2D eigenvalue weighted by Gasteiger charge is 2.37. The van der Waals surface area contributed by atoms with E-state index in [1.807, 2.05) is 0 Å². The van der Waals surface area contributed by atoms with Crippen LogP contribution < -0.4 is 4.72 Å². The van der Waals surface area contributed by atoms with Gasteiger partial charge in [-0.3, -0.25) is 14.1 Å². The van der Waals surface area contributed by atoms with Gasteiger partial charge in [0.05, 0.1) is 9.82 Å². The fraction of sp³-hybridized carbons (Fsp3) is 0.538. The molecule has 1 aromatic rings. The van der Waals surface area contributed by atoms with Crippen molar-refractivity contribution in [2.75, 3.05) is 7.05 Å². The minimum Gasteiger partial charge on any atom is -0.261 e. The molecule has 0 fully saturated rings. The first kappa shape index (κ1) is 17.8.